The molecule has 4 rings (SSSR count). The van der Waals surface area contributed by atoms with Gasteiger partial charge in [-0.3, -0.25) is 14.4 Å². The lowest BCUT2D eigenvalue weighted by Gasteiger charge is -2.29. The van der Waals surface area contributed by atoms with Crippen LogP contribution in [0.5, 0.6) is 0 Å². The number of Topliss-reactive ketones (excluding diaryl/α,β-unsaturated/α-hetero) is 1. The molecule has 0 saturated heterocycles. The first kappa shape index (κ1) is 17.5. The van der Waals surface area contributed by atoms with Crippen LogP contribution in [0.15, 0.2) is 48.5 Å². The molecule has 0 bridgehead atoms. The van der Waals surface area contributed by atoms with E-state index in [4.69, 9.17) is 5.73 Å². The third-order valence-electron chi connectivity index (χ3n) is 5.69. The zero-order valence-corrected chi connectivity index (χ0v) is 15.0. The molecule has 27 heavy (non-hydrogen) atoms. The number of carbonyl (C=O) groups is 3. The van der Waals surface area contributed by atoms with Gasteiger partial charge in [-0.05, 0) is 41.0 Å². The minimum Gasteiger partial charge on any atom is -0.368 e. The van der Waals surface area contributed by atoms with Gasteiger partial charge in [0, 0.05) is 12.8 Å². The van der Waals surface area contributed by atoms with Crippen molar-refractivity contribution >= 4 is 17.6 Å². The van der Waals surface area contributed by atoms with Gasteiger partial charge in [0.25, 0.3) is 0 Å². The molecule has 2 amide bonds. The molecule has 5 heteroatoms. The fourth-order valence-corrected chi connectivity index (χ4v) is 4.44. The second kappa shape index (κ2) is 6.99. The van der Waals surface area contributed by atoms with Crippen molar-refractivity contribution in [1.82, 2.24) is 5.32 Å². The van der Waals surface area contributed by atoms with Crippen LogP contribution in [0, 0.1) is 5.92 Å². The number of hydrogen-bond acceptors (Lipinski definition) is 3. The van der Waals surface area contributed by atoms with Gasteiger partial charge in [0.2, 0.25) is 11.8 Å². The van der Waals surface area contributed by atoms with E-state index in [1.54, 1.807) is 0 Å². The maximum atomic E-state index is 13.2. The molecule has 0 radical (unpaired) electrons. The normalized spacial score (nSPS) is 19.9. The molecular weight excluding hydrogens is 340 g/mol. The molecule has 0 spiro atoms. The van der Waals surface area contributed by atoms with Crippen molar-refractivity contribution in [1.29, 1.82) is 0 Å². The van der Waals surface area contributed by atoms with Gasteiger partial charge in [-0.1, -0.05) is 48.5 Å². The molecule has 1 saturated carbocycles. The van der Waals surface area contributed by atoms with Gasteiger partial charge < -0.3 is 11.1 Å². The third kappa shape index (κ3) is 3.14. The van der Waals surface area contributed by atoms with Crippen LogP contribution in [-0.2, 0) is 14.4 Å². The fraction of sp³-hybridized carbons (Fsp3) is 0.318. The summed E-state index contributed by atoms with van der Waals surface area (Å²) in [6.07, 6.45) is 2.29. The number of fused-ring (bicyclic) bond motifs is 3. The van der Waals surface area contributed by atoms with E-state index < -0.39 is 17.9 Å². The Hall–Kier alpha value is -2.95. The number of hydrogen-bond donors (Lipinski definition) is 2. The number of nitrogens with one attached hydrogen (secondary N) is 1. The molecule has 2 aromatic rings. The van der Waals surface area contributed by atoms with Crippen molar-refractivity contribution in [3.8, 4) is 11.1 Å². The molecule has 138 valence electrons. The van der Waals surface area contributed by atoms with E-state index in [1.807, 2.05) is 48.5 Å². The predicted molar refractivity (Wildman–Crippen MR) is 102 cm³/mol. The first-order chi connectivity index (χ1) is 13.1. The SMILES string of the molecule is NC(=O)[C@H](NC(=O)C1c2ccccc2-c2ccccc21)[C@@H]1CCCC(=O)C1. The summed E-state index contributed by atoms with van der Waals surface area (Å²) in [7, 11) is 0. The molecule has 3 N–H and O–H groups in total. The summed E-state index contributed by atoms with van der Waals surface area (Å²) >= 11 is 0. The summed E-state index contributed by atoms with van der Waals surface area (Å²) in [5.74, 6) is -1.39. The van der Waals surface area contributed by atoms with Gasteiger partial charge in [-0.15, -0.1) is 0 Å². The van der Waals surface area contributed by atoms with E-state index in [-0.39, 0.29) is 17.6 Å². The lowest BCUT2D eigenvalue weighted by Crippen LogP contribution is -2.51. The average molecular weight is 362 g/mol. The smallest absolute Gasteiger partial charge is 0.240 e. The van der Waals surface area contributed by atoms with Crippen molar-refractivity contribution in [2.24, 2.45) is 11.7 Å². The lowest BCUT2D eigenvalue weighted by molar-refractivity contribution is -0.130. The average Bonchev–Trinajstić information content (AvgIpc) is 3.00. The summed E-state index contributed by atoms with van der Waals surface area (Å²) in [5.41, 5.74) is 9.52. The Balaban J connectivity index is 1.64. The standard InChI is InChI=1S/C22H22N2O3/c23-21(26)20(13-6-5-7-14(25)12-13)24-22(27)19-17-10-3-1-8-15(17)16-9-2-4-11-18(16)19/h1-4,8-11,13,19-20H,5-7,12H2,(H2,23,26)(H,24,27)/t13-,20-/m1/s1. The van der Waals surface area contributed by atoms with Crippen LogP contribution < -0.4 is 11.1 Å². The summed E-state index contributed by atoms with van der Waals surface area (Å²) in [4.78, 5) is 37.1. The number of primary amides is 1. The van der Waals surface area contributed by atoms with Gasteiger partial charge in [0.15, 0.2) is 0 Å². The summed E-state index contributed by atoms with van der Waals surface area (Å²) in [5, 5.41) is 2.86. The van der Waals surface area contributed by atoms with Crippen LogP contribution in [0.2, 0.25) is 0 Å². The monoisotopic (exact) mass is 362 g/mol. The highest BCUT2D eigenvalue weighted by Gasteiger charge is 2.37. The largest absolute Gasteiger partial charge is 0.368 e. The molecule has 1 fully saturated rings. The topological polar surface area (TPSA) is 89.3 Å². The maximum Gasteiger partial charge on any atom is 0.240 e. The van der Waals surface area contributed by atoms with Crippen molar-refractivity contribution < 1.29 is 14.4 Å². The van der Waals surface area contributed by atoms with Crippen molar-refractivity contribution in [3.63, 3.8) is 0 Å². The van der Waals surface area contributed by atoms with Gasteiger partial charge >= 0.3 is 0 Å². The highest BCUT2D eigenvalue weighted by molar-refractivity contribution is 5.98. The quantitative estimate of drug-likeness (QED) is 0.876. The molecular formula is C22H22N2O3. The fourth-order valence-electron chi connectivity index (χ4n) is 4.44. The Morgan fingerprint density at radius 1 is 1.00 bits per heavy atom. The molecule has 2 aromatic carbocycles. The Labute approximate surface area is 158 Å². The van der Waals surface area contributed by atoms with Gasteiger partial charge in [-0.2, -0.15) is 0 Å². The second-order valence-electron chi connectivity index (χ2n) is 7.39. The molecule has 0 aliphatic heterocycles. The number of amides is 2. The van der Waals surface area contributed by atoms with Gasteiger partial charge in [0.05, 0.1) is 5.92 Å². The Morgan fingerprint density at radius 3 is 2.15 bits per heavy atom. The van der Waals surface area contributed by atoms with Crippen LogP contribution in [0.25, 0.3) is 11.1 Å². The summed E-state index contributed by atoms with van der Waals surface area (Å²) in [6, 6.07) is 14.8. The van der Waals surface area contributed by atoms with Crippen LogP contribution in [0.1, 0.15) is 42.7 Å². The Morgan fingerprint density at radius 2 is 1.59 bits per heavy atom. The first-order valence-corrected chi connectivity index (χ1v) is 9.36. The number of carbonyl (C=O) groups excluding carboxylic acids is 3. The van der Waals surface area contributed by atoms with E-state index in [2.05, 4.69) is 5.32 Å². The molecule has 2 aliphatic rings. The first-order valence-electron chi connectivity index (χ1n) is 9.36. The van der Waals surface area contributed by atoms with Crippen LogP contribution in [-0.4, -0.2) is 23.6 Å². The maximum absolute atomic E-state index is 13.2. The molecule has 5 nitrogen and oxygen atoms in total. The van der Waals surface area contributed by atoms with Crippen LogP contribution in [0.4, 0.5) is 0 Å². The minimum absolute atomic E-state index is 0.128. The summed E-state index contributed by atoms with van der Waals surface area (Å²) < 4.78 is 0. The third-order valence-corrected chi connectivity index (χ3v) is 5.69. The number of ketones is 1. The molecule has 2 atom stereocenters. The minimum atomic E-state index is -0.818. The highest BCUT2D eigenvalue weighted by Crippen LogP contribution is 2.44. The molecule has 0 aromatic heterocycles. The molecule has 0 unspecified atom stereocenters. The van der Waals surface area contributed by atoms with E-state index in [0.29, 0.717) is 12.8 Å². The van der Waals surface area contributed by atoms with Gasteiger partial charge in [-0.25, -0.2) is 0 Å². The Bertz CT molecular complexity index is 876. The van der Waals surface area contributed by atoms with E-state index in [1.165, 1.54) is 0 Å². The van der Waals surface area contributed by atoms with Gasteiger partial charge in [0.1, 0.15) is 11.8 Å². The number of benzene rings is 2. The van der Waals surface area contributed by atoms with E-state index in [9.17, 15) is 14.4 Å². The summed E-state index contributed by atoms with van der Waals surface area (Å²) in [6.45, 7) is 0. The predicted octanol–water partition coefficient (Wildman–Crippen LogP) is 2.53. The zero-order chi connectivity index (χ0) is 19.0. The zero-order valence-electron chi connectivity index (χ0n) is 15.0. The number of nitrogens with two attached hydrogens (primary N) is 1. The molecule has 2 aliphatic carbocycles. The van der Waals surface area contributed by atoms with Crippen molar-refractivity contribution in [2.45, 2.75) is 37.6 Å². The number of rotatable bonds is 4. The second-order valence-corrected chi connectivity index (χ2v) is 7.39. The molecule has 0 heterocycles. The Kier molecular flexibility index (Phi) is 4.52. The lowest BCUT2D eigenvalue weighted by atomic mass is 9.82. The highest BCUT2D eigenvalue weighted by atomic mass is 16.2. The van der Waals surface area contributed by atoms with Crippen molar-refractivity contribution in [3.05, 3.63) is 59.7 Å². The van der Waals surface area contributed by atoms with E-state index >= 15 is 0 Å². The van der Waals surface area contributed by atoms with E-state index in [0.717, 1.165) is 35.1 Å². The van der Waals surface area contributed by atoms with Crippen molar-refractivity contribution in [2.75, 3.05) is 0 Å². The van der Waals surface area contributed by atoms with Crippen LogP contribution >= 0.6 is 0 Å². The van der Waals surface area contributed by atoms with Crippen LogP contribution in [0.3, 0.4) is 0 Å².